The van der Waals surface area contributed by atoms with E-state index in [0.29, 0.717) is 33.0 Å². The SMILES string of the molecule is COCCOCCOCCOCC(=O)O.[H-].[Li+]. The molecule has 6 nitrogen and oxygen atoms in total. The van der Waals surface area contributed by atoms with Crippen LogP contribution in [0.5, 0.6) is 0 Å². The second kappa shape index (κ2) is 14.9. The van der Waals surface area contributed by atoms with Gasteiger partial charge in [0.2, 0.25) is 0 Å². The van der Waals surface area contributed by atoms with E-state index in [4.69, 9.17) is 24.1 Å². The van der Waals surface area contributed by atoms with Gasteiger partial charge in [0.05, 0.1) is 39.6 Å². The second-order valence-corrected chi connectivity index (χ2v) is 2.66. The molecule has 0 saturated carbocycles. The largest absolute Gasteiger partial charge is 1.00 e. The summed E-state index contributed by atoms with van der Waals surface area (Å²) < 4.78 is 19.8. The molecule has 7 heteroatoms. The van der Waals surface area contributed by atoms with E-state index < -0.39 is 5.97 Å². The van der Waals surface area contributed by atoms with Gasteiger partial charge < -0.3 is 25.5 Å². The Bertz CT molecular complexity index is 160. The zero-order valence-electron chi connectivity index (χ0n) is 10.9. The van der Waals surface area contributed by atoms with Gasteiger partial charge in [-0.1, -0.05) is 0 Å². The topological polar surface area (TPSA) is 74.2 Å². The smallest absolute Gasteiger partial charge is 1.00 e. The molecule has 0 aliphatic rings. The van der Waals surface area contributed by atoms with E-state index in [1.54, 1.807) is 7.11 Å². The minimum Gasteiger partial charge on any atom is -1.00 e. The number of rotatable bonds is 11. The second-order valence-electron chi connectivity index (χ2n) is 2.66. The number of ether oxygens (including phenoxy) is 4. The van der Waals surface area contributed by atoms with Crippen LogP contribution in [0.3, 0.4) is 0 Å². The van der Waals surface area contributed by atoms with Crippen LogP contribution in [0.1, 0.15) is 1.43 Å². The molecule has 0 amide bonds. The van der Waals surface area contributed by atoms with E-state index in [1.807, 2.05) is 0 Å². The van der Waals surface area contributed by atoms with Crippen molar-refractivity contribution in [3.63, 3.8) is 0 Å². The number of aliphatic carboxylic acids is 1. The molecule has 0 aromatic rings. The molecule has 0 aromatic heterocycles. The minimum absolute atomic E-state index is 0. The Hall–Kier alpha value is -0.0926. The maximum atomic E-state index is 10.0. The van der Waals surface area contributed by atoms with Gasteiger partial charge in [-0.3, -0.25) is 0 Å². The van der Waals surface area contributed by atoms with Crippen LogP contribution in [-0.4, -0.2) is 64.4 Å². The quantitative estimate of drug-likeness (QED) is 0.299. The molecule has 0 aliphatic carbocycles. The van der Waals surface area contributed by atoms with Gasteiger partial charge in [0, 0.05) is 7.11 Å². The number of carbonyl (C=O) groups is 1. The molecule has 0 heterocycles. The first-order valence-corrected chi connectivity index (χ1v) is 4.71. The third-order valence-corrected chi connectivity index (χ3v) is 1.40. The first-order valence-electron chi connectivity index (χ1n) is 4.71. The van der Waals surface area contributed by atoms with Gasteiger partial charge in [-0.2, -0.15) is 0 Å². The average Bonchev–Trinajstić information content (AvgIpc) is 2.20. The van der Waals surface area contributed by atoms with Crippen molar-refractivity contribution in [2.75, 3.05) is 53.4 Å². The van der Waals surface area contributed by atoms with Crippen LogP contribution in [0.15, 0.2) is 0 Å². The summed E-state index contributed by atoms with van der Waals surface area (Å²) in [5.41, 5.74) is 0. The Balaban J connectivity index is -0.000000980. The fourth-order valence-corrected chi connectivity index (χ4v) is 0.742. The fourth-order valence-electron chi connectivity index (χ4n) is 0.742. The van der Waals surface area contributed by atoms with Gasteiger partial charge in [-0.05, 0) is 0 Å². The molecule has 16 heavy (non-hydrogen) atoms. The fraction of sp³-hybridized carbons (Fsp3) is 0.889. The number of hydrogen-bond donors (Lipinski definition) is 1. The average molecular weight is 230 g/mol. The van der Waals surface area contributed by atoms with Crippen LogP contribution in [0, 0.1) is 0 Å². The zero-order valence-corrected chi connectivity index (χ0v) is 9.94. The summed E-state index contributed by atoms with van der Waals surface area (Å²) in [6, 6.07) is 0. The number of carboxylic acids is 1. The number of hydrogen-bond acceptors (Lipinski definition) is 5. The summed E-state index contributed by atoms with van der Waals surface area (Å²) in [5.74, 6) is -0.974. The summed E-state index contributed by atoms with van der Waals surface area (Å²) in [6.07, 6.45) is 0. The van der Waals surface area contributed by atoms with Crippen molar-refractivity contribution in [3.8, 4) is 0 Å². The maximum absolute atomic E-state index is 10.0. The molecule has 0 aromatic carbocycles. The zero-order chi connectivity index (χ0) is 11.4. The number of carboxylic acid groups (broad SMARTS) is 1. The minimum atomic E-state index is -0.974. The molecule has 92 valence electrons. The maximum Gasteiger partial charge on any atom is 1.00 e. The molecule has 0 bridgehead atoms. The Morgan fingerprint density at radius 2 is 1.44 bits per heavy atom. The van der Waals surface area contributed by atoms with Gasteiger partial charge in [0.25, 0.3) is 0 Å². The van der Waals surface area contributed by atoms with Crippen LogP contribution >= 0.6 is 0 Å². The van der Waals surface area contributed by atoms with Crippen molar-refractivity contribution >= 4 is 5.97 Å². The van der Waals surface area contributed by atoms with Crippen LogP contribution in [0.4, 0.5) is 0 Å². The molecule has 0 aliphatic heterocycles. The molecule has 1 N–H and O–H groups in total. The van der Waals surface area contributed by atoms with E-state index in [2.05, 4.69) is 0 Å². The Labute approximate surface area is 109 Å². The van der Waals surface area contributed by atoms with Gasteiger partial charge in [0.1, 0.15) is 6.61 Å². The summed E-state index contributed by atoms with van der Waals surface area (Å²) in [6.45, 7) is 2.47. The molecule has 0 radical (unpaired) electrons. The van der Waals surface area contributed by atoms with E-state index >= 15 is 0 Å². The number of methoxy groups -OCH3 is 1. The molecule has 0 unspecified atom stereocenters. The van der Waals surface area contributed by atoms with Crippen molar-refractivity contribution in [2.45, 2.75) is 0 Å². The summed E-state index contributed by atoms with van der Waals surface area (Å²) in [7, 11) is 1.61. The third kappa shape index (κ3) is 16.3. The van der Waals surface area contributed by atoms with E-state index in [-0.39, 0.29) is 33.5 Å². The third-order valence-electron chi connectivity index (χ3n) is 1.40. The Kier molecular flexibility index (Phi) is 17.0. The van der Waals surface area contributed by atoms with Crippen molar-refractivity contribution in [2.24, 2.45) is 0 Å². The van der Waals surface area contributed by atoms with Crippen molar-refractivity contribution in [1.82, 2.24) is 0 Å². The standard InChI is InChI=1S/C9H18O6.Li.H/c1-12-2-3-13-4-5-14-6-7-15-8-9(10)11;;/h2-8H2,1H3,(H,10,11);;/q;+1;-1. The predicted molar refractivity (Wildman–Crippen MR) is 53.1 cm³/mol. The molecule has 0 fully saturated rings. The van der Waals surface area contributed by atoms with Gasteiger partial charge in [-0.15, -0.1) is 0 Å². The Morgan fingerprint density at radius 1 is 1.00 bits per heavy atom. The van der Waals surface area contributed by atoms with Crippen LogP contribution in [0.2, 0.25) is 0 Å². The van der Waals surface area contributed by atoms with E-state index in [1.165, 1.54) is 0 Å². The normalized spacial score (nSPS) is 9.81. The van der Waals surface area contributed by atoms with Crippen LogP contribution < -0.4 is 18.9 Å². The predicted octanol–water partition coefficient (Wildman–Crippen LogP) is -3.12. The van der Waals surface area contributed by atoms with Gasteiger partial charge in [-0.25, -0.2) is 4.79 Å². The van der Waals surface area contributed by atoms with Crippen molar-refractivity contribution in [3.05, 3.63) is 0 Å². The molecule has 0 spiro atoms. The Morgan fingerprint density at radius 3 is 1.88 bits per heavy atom. The molecule has 0 saturated heterocycles. The molecule has 0 rings (SSSR count). The first kappa shape index (κ1) is 18.3. The van der Waals surface area contributed by atoms with Crippen molar-refractivity contribution in [1.29, 1.82) is 0 Å². The van der Waals surface area contributed by atoms with E-state index in [0.717, 1.165) is 0 Å². The molecular formula is C9H19LiO6. The van der Waals surface area contributed by atoms with E-state index in [9.17, 15) is 4.79 Å². The first-order chi connectivity index (χ1) is 7.27. The summed E-state index contributed by atoms with van der Waals surface area (Å²) in [5, 5.41) is 8.24. The van der Waals surface area contributed by atoms with Gasteiger partial charge >= 0.3 is 24.8 Å². The monoisotopic (exact) mass is 230 g/mol. The van der Waals surface area contributed by atoms with Crippen LogP contribution in [-0.2, 0) is 23.7 Å². The summed E-state index contributed by atoms with van der Waals surface area (Å²) in [4.78, 5) is 10.0. The molecular weight excluding hydrogens is 211 g/mol. The van der Waals surface area contributed by atoms with Gasteiger partial charge in [0.15, 0.2) is 0 Å². The molecule has 0 atom stereocenters. The van der Waals surface area contributed by atoms with Crippen molar-refractivity contribution < 1.29 is 49.1 Å². The summed E-state index contributed by atoms with van der Waals surface area (Å²) >= 11 is 0. The van der Waals surface area contributed by atoms with Crippen LogP contribution in [0.25, 0.3) is 0 Å².